The molecule has 1 aliphatic rings. The van der Waals surface area contributed by atoms with E-state index in [0.717, 1.165) is 12.8 Å². The first-order chi connectivity index (χ1) is 8.08. The Labute approximate surface area is 97.4 Å². The van der Waals surface area contributed by atoms with E-state index in [2.05, 4.69) is 22.4 Å². The van der Waals surface area contributed by atoms with E-state index in [1.54, 1.807) is 10.7 Å². The van der Waals surface area contributed by atoms with Gasteiger partial charge in [-0.15, -0.1) is 5.10 Å². The molecule has 0 radical (unpaired) electrons. The zero-order valence-electron chi connectivity index (χ0n) is 9.39. The predicted octanol–water partition coefficient (Wildman–Crippen LogP) is 1.57. The van der Waals surface area contributed by atoms with Crippen LogP contribution in [-0.4, -0.2) is 20.2 Å². The largest absolute Gasteiger partial charge is 0.399 e. The van der Waals surface area contributed by atoms with Crippen LogP contribution in [0, 0.1) is 5.82 Å². The molecule has 2 N–H and O–H groups in total. The first-order valence-electron chi connectivity index (χ1n) is 5.44. The molecule has 0 aliphatic heterocycles. The van der Waals surface area contributed by atoms with Gasteiger partial charge in [-0.1, -0.05) is 0 Å². The van der Waals surface area contributed by atoms with Crippen molar-refractivity contribution in [2.24, 2.45) is 0 Å². The molecule has 1 heterocycles. The maximum atomic E-state index is 13.3. The normalized spacial score (nSPS) is 17.1. The Morgan fingerprint density at radius 3 is 2.76 bits per heavy atom. The molecule has 1 aromatic heterocycles. The van der Waals surface area contributed by atoms with Crippen molar-refractivity contribution < 1.29 is 4.39 Å². The van der Waals surface area contributed by atoms with Crippen molar-refractivity contribution in [1.29, 1.82) is 0 Å². The molecule has 0 unspecified atom stereocenters. The van der Waals surface area contributed by atoms with E-state index in [4.69, 9.17) is 5.73 Å². The van der Waals surface area contributed by atoms with E-state index in [9.17, 15) is 4.39 Å². The van der Waals surface area contributed by atoms with Crippen LogP contribution < -0.4 is 5.73 Å². The maximum Gasteiger partial charge on any atom is 0.182 e. The van der Waals surface area contributed by atoms with Gasteiger partial charge in [0.05, 0.1) is 5.54 Å². The second-order valence-corrected chi connectivity index (χ2v) is 4.68. The standard InChI is InChI=1S/C11H12FN5/c1-11(2-3-11)17-10(14-15-16-17)7-4-8(12)6-9(13)5-7/h4-6H,2-3,13H2,1H3. The minimum atomic E-state index is -0.379. The number of aromatic nitrogens is 4. The Kier molecular flexibility index (Phi) is 1.95. The van der Waals surface area contributed by atoms with Crippen molar-refractivity contribution in [1.82, 2.24) is 20.2 Å². The lowest BCUT2D eigenvalue weighted by atomic mass is 10.1. The van der Waals surface area contributed by atoms with Crippen LogP contribution in [0.5, 0.6) is 0 Å². The summed E-state index contributed by atoms with van der Waals surface area (Å²) in [5.74, 6) is 0.187. The van der Waals surface area contributed by atoms with Crippen molar-refractivity contribution in [3.63, 3.8) is 0 Å². The van der Waals surface area contributed by atoms with Crippen LogP contribution in [0.25, 0.3) is 11.4 Å². The van der Waals surface area contributed by atoms with Gasteiger partial charge in [0.15, 0.2) is 5.82 Å². The summed E-state index contributed by atoms with van der Waals surface area (Å²) >= 11 is 0. The Hall–Kier alpha value is -1.98. The highest BCUT2D eigenvalue weighted by molar-refractivity contribution is 5.61. The Balaban J connectivity index is 2.12. The number of benzene rings is 1. The fourth-order valence-electron chi connectivity index (χ4n) is 1.86. The molecule has 1 fully saturated rings. The summed E-state index contributed by atoms with van der Waals surface area (Å²) in [6.07, 6.45) is 2.08. The average Bonchev–Trinajstić information content (AvgIpc) is 2.81. The summed E-state index contributed by atoms with van der Waals surface area (Å²) < 4.78 is 15.1. The molecule has 0 saturated heterocycles. The molecule has 0 atom stereocenters. The lowest BCUT2D eigenvalue weighted by Crippen LogP contribution is -2.15. The zero-order chi connectivity index (χ0) is 12.0. The van der Waals surface area contributed by atoms with Crippen LogP contribution in [0.2, 0.25) is 0 Å². The smallest absolute Gasteiger partial charge is 0.182 e. The monoisotopic (exact) mass is 233 g/mol. The summed E-state index contributed by atoms with van der Waals surface area (Å²) in [7, 11) is 0. The fourth-order valence-corrected chi connectivity index (χ4v) is 1.86. The molecule has 0 bridgehead atoms. The van der Waals surface area contributed by atoms with Crippen LogP contribution in [0.3, 0.4) is 0 Å². The second-order valence-electron chi connectivity index (χ2n) is 4.68. The molecule has 3 rings (SSSR count). The number of hydrogen-bond donors (Lipinski definition) is 1. The van der Waals surface area contributed by atoms with Gasteiger partial charge in [0.1, 0.15) is 5.82 Å². The highest BCUT2D eigenvalue weighted by atomic mass is 19.1. The number of anilines is 1. The molecular formula is C11H12FN5. The van der Waals surface area contributed by atoms with Gasteiger partial charge in [0.25, 0.3) is 0 Å². The summed E-state index contributed by atoms with van der Waals surface area (Å²) in [6, 6.07) is 4.35. The second kappa shape index (κ2) is 3.26. The van der Waals surface area contributed by atoms with Gasteiger partial charge in [-0.3, -0.25) is 0 Å². The van der Waals surface area contributed by atoms with E-state index in [0.29, 0.717) is 17.1 Å². The summed E-state index contributed by atoms with van der Waals surface area (Å²) in [5, 5.41) is 11.6. The number of halogens is 1. The van der Waals surface area contributed by atoms with Crippen molar-refractivity contribution >= 4 is 5.69 Å². The van der Waals surface area contributed by atoms with E-state index in [1.807, 2.05) is 0 Å². The van der Waals surface area contributed by atoms with Gasteiger partial charge < -0.3 is 5.73 Å². The van der Waals surface area contributed by atoms with E-state index < -0.39 is 0 Å². The Morgan fingerprint density at radius 1 is 1.35 bits per heavy atom. The van der Waals surface area contributed by atoms with E-state index in [-0.39, 0.29) is 11.4 Å². The van der Waals surface area contributed by atoms with Gasteiger partial charge in [-0.2, -0.15) is 0 Å². The number of hydrogen-bond acceptors (Lipinski definition) is 4. The van der Waals surface area contributed by atoms with Crippen molar-refractivity contribution in [3.8, 4) is 11.4 Å². The first kappa shape index (κ1) is 10.2. The van der Waals surface area contributed by atoms with Gasteiger partial charge in [0, 0.05) is 11.3 Å². The molecule has 1 aliphatic carbocycles. The lowest BCUT2D eigenvalue weighted by molar-refractivity contribution is 0.463. The first-order valence-corrected chi connectivity index (χ1v) is 5.44. The number of nitrogens with zero attached hydrogens (tertiary/aromatic N) is 4. The predicted molar refractivity (Wildman–Crippen MR) is 60.5 cm³/mol. The van der Waals surface area contributed by atoms with Crippen molar-refractivity contribution in [3.05, 3.63) is 24.0 Å². The quantitative estimate of drug-likeness (QED) is 0.799. The fraction of sp³-hybridized carbons (Fsp3) is 0.364. The van der Waals surface area contributed by atoms with Crippen LogP contribution in [0.1, 0.15) is 19.8 Å². The molecule has 0 amide bonds. The topological polar surface area (TPSA) is 69.6 Å². The Bertz CT molecular complexity index is 553. The molecule has 0 spiro atoms. The molecule has 1 saturated carbocycles. The van der Waals surface area contributed by atoms with E-state index in [1.165, 1.54) is 12.1 Å². The molecule has 88 valence electrons. The number of rotatable bonds is 2. The van der Waals surface area contributed by atoms with E-state index >= 15 is 0 Å². The zero-order valence-corrected chi connectivity index (χ0v) is 9.39. The highest BCUT2D eigenvalue weighted by Gasteiger charge is 2.42. The van der Waals surface area contributed by atoms with Crippen molar-refractivity contribution in [2.45, 2.75) is 25.3 Å². The van der Waals surface area contributed by atoms with Crippen LogP contribution >= 0.6 is 0 Å². The third-order valence-electron chi connectivity index (χ3n) is 3.13. The third kappa shape index (κ3) is 1.65. The summed E-state index contributed by atoms with van der Waals surface area (Å²) in [5.41, 5.74) is 6.58. The maximum absolute atomic E-state index is 13.3. The summed E-state index contributed by atoms with van der Waals surface area (Å²) in [4.78, 5) is 0. The third-order valence-corrected chi connectivity index (χ3v) is 3.13. The molecular weight excluding hydrogens is 221 g/mol. The van der Waals surface area contributed by atoms with Gasteiger partial charge in [-0.05, 0) is 48.4 Å². The van der Waals surface area contributed by atoms with Gasteiger partial charge in [-0.25, -0.2) is 9.07 Å². The number of nitrogen functional groups attached to an aromatic ring is 1. The molecule has 2 aromatic rings. The number of tetrazole rings is 1. The van der Waals surface area contributed by atoms with Gasteiger partial charge in [0.2, 0.25) is 0 Å². The number of nitrogens with two attached hydrogens (primary N) is 1. The molecule has 1 aromatic carbocycles. The van der Waals surface area contributed by atoms with Crippen LogP contribution in [0.15, 0.2) is 18.2 Å². The molecule has 17 heavy (non-hydrogen) atoms. The summed E-state index contributed by atoms with van der Waals surface area (Å²) in [6.45, 7) is 2.08. The Morgan fingerprint density at radius 2 is 2.12 bits per heavy atom. The highest BCUT2D eigenvalue weighted by Crippen LogP contribution is 2.44. The minimum absolute atomic E-state index is 0.0279. The minimum Gasteiger partial charge on any atom is -0.399 e. The lowest BCUT2D eigenvalue weighted by Gasteiger charge is -2.11. The molecule has 6 heteroatoms. The van der Waals surface area contributed by atoms with Gasteiger partial charge >= 0.3 is 0 Å². The molecule has 5 nitrogen and oxygen atoms in total. The van der Waals surface area contributed by atoms with Crippen molar-refractivity contribution in [2.75, 3.05) is 5.73 Å². The SMILES string of the molecule is CC1(n2nnnc2-c2cc(N)cc(F)c2)CC1. The van der Waals surface area contributed by atoms with Crippen LogP contribution in [0.4, 0.5) is 10.1 Å². The average molecular weight is 233 g/mol. The van der Waals surface area contributed by atoms with Crippen LogP contribution in [-0.2, 0) is 5.54 Å².